The van der Waals surface area contributed by atoms with Gasteiger partial charge in [0.05, 0.1) is 6.26 Å². The summed E-state index contributed by atoms with van der Waals surface area (Å²) >= 11 is 0. The van der Waals surface area contributed by atoms with Crippen LogP contribution in [0.5, 0.6) is 0 Å². The van der Waals surface area contributed by atoms with Crippen LogP contribution in [0.2, 0.25) is 0 Å². The number of hydrogen-bond donors (Lipinski definition) is 0. The van der Waals surface area contributed by atoms with Crippen molar-refractivity contribution < 1.29 is 8.81 Å². The van der Waals surface area contributed by atoms with E-state index in [-0.39, 0.29) is 5.83 Å². The molecule has 1 aromatic rings. The van der Waals surface area contributed by atoms with E-state index in [4.69, 9.17) is 4.42 Å². The lowest BCUT2D eigenvalue weighted by atomic mass is 10.1. The summed E-state index contributed by atoms with van der Waals surface area (Å²) in [5.74, 6) is 0.857. The van der Waals surface area contributed by atoms with Gasteiger partial charge in [0.25, 0.3) is 0 Å². The van der Waals surface area contributed by atoms with Gasteiger partial charge in [-0.15, -0.1) is 0 Å². The molecular weight excluding hydrogens is 131 g/mol. The third-order valence-electron chi connectivity index (χ3n) is 1.68. The van der Waals surface area contributed by atoms with Crippen LogP contribution >= 0.6 is 0 Å². The molecule has 0 spiro atoms. The molecule has 0 aromatic carbocycles. The SMILES string of the molecule is FC1=Cc2ccoc2CC1. The van der Waals surface area contributed by atoms with Crippen molar-refractivity contribution in [1.82, 2.24) is 0 Å². The third-order valence-corrected chi connectivity index (χ3v) is 1.68. The second-order valence-electron chi connectivity index (χ2n) is 2.39. The van der Waals surface area contributed by atoms with Crippen molar-refractivity contribution in [2.45, 2.75) is 12.8 Å². The minimum atomic E-state index is -0.0473. The molecular formula is C8H7FO. The molecule has 1 aliphatic carbocycles. The first-order valence-electron chi connectivity index (χ1n) is 3.29. The van der Waals surface area contributed by atoms with Crippen LogP contribution in [0.4, 0.5) is 4.39 Å². The predicted octanol–water partition coefficient (Wildman–Crippen LogP) is 2.54. The van der Waals surface area contributed by atoms with Crippen LogP contribution < -0.4 is 0 Å². The summed E-state index contributed by atoms with van der Waals surface area (Å²) in [6, 6.07) is 1.79. The summed E-state index contributed by atoms with van der Waals surface area (Å²) in [7, 11) is 0. The maximum atomic E-state index is 12.6. The molecule has 0 bridgehead atoms. The van der Waals surface area contributed by atoms with Crippen LogP contribution in [-0.4, -0.2) is 0 Å². The summed E-state index contributed by atoms with van der Waals surface area (Å²) in [6.45, 7) is 0. The zero-order valence-electron chi connectivity index (χ0n) is 5.43. The quantitative estimate of drug-likeness (QED) is 0.537. The molecule has 2 rings (SSSR count). The average molecular weight is 138 g/mol. The highest BCUT2D eigenvalue weighted by molar-refractivity contribution is 5.55. The molecule has 0 unspecified atom stereocenters. The van der Waals surface area contributed by atoms with Crippen molar-refractivity contribution in [2.75, 3.05) is 0 Å². The number of aryl methyl sites for hydroxylation is 1. The van der Waals surface area contributed by atoms with Crippen molar-refractivity contribution >= 4 is 6.08 Å². The van der Waals surface area contributed by atoms with Gasteiger partial charge in [-0.05, 0) is 12.1 Å². The lowest BCUT2D eigenvalue weighted by molar-refractivity contribution is 0.487. The van der Waals surface area contributed by atoms with Crippen molar-refractivity contribution in [1.29, 1.82) is 0 Å². The summed E-state index contributed by atoms with van der Waals surface area (Å²) in [5.41, 5.74) is 0.892. The first kappa shape index (κ1) is 5.71. The minimum Gasteiger partial charge on any atom is -0.469 e. The number of allylic oxidation sites excluding steroid dienone is 1. The second kappa shape index (κ2) is 1.97. The van der Waals surface area contributed by atoms with Gasteiger partial charge < -0.3 is 4.42 Å². The highest BCUT2D eigenvalue weighted by Crippen LogP contribution is 2.24. The van der Waals surface area contributed by atoms with Gasteiger partial charge in [0, 0.05) is 18.4 Å². The van der Waals surface area contributed by atoms with E-state index in [1.54, 1.807) is 12.3 Å². The number of hydrogen-bond acceptors (Lipinski definition) is 1. The molecule has 1 nitrogen and oxygen atoms in total. The Balaban J connectivity index is 2.50. The Bertz CT molecular complexity index is 273. The molecule has 0 radical (unpaired) electrons. The van der Waals surface area contributed by atoms with E-state index in [2.05, 4.69) is 0 Å². The van der Waals surface area contributed by atoms with Crippen LogP contribution in [0.3, 0.4) is 0 Å². The van der Waals surface area contributed by atoms with Gasteiger partial charge in [-0.2, -0.15) is 0 Å². The van der Waals surface area contributed by atoms with Crippen LogP contribution in [0.15, 0.2) is 22.6 Å². The normalized spacial score (nSPS) is 16.3. The lowest BCUT2D eigenvalue weighted by Crippen LogP contribution is -1.91. The highest BCUT2D eigenvalue weighted by atomic mass is 19.1. The van der Waals surface area contributed by atoms with Gasteiger partial charge >= 0.3 is 0 Å². The Kier molecular flexibility index (Phi) is 1.13. The Morgan fingerprint density at radius 1 is 1.40 bits per heavy atom. The monoisotopic (exact) mass is 138 g/mol. The zero-order chi connectivity index (χ0) is 6.97. The van der Waals surface area contributed by atoms with Crippen LogP contribution in [0, 0.1) is 0 Å². The number of furan rings is 1. The lowest BCUT2D eigenvalue weighted by Gasteiger charge is -2.03. The summed E-state index contributed by atoms with van der Waals surface area (Å²) in [6.07, 6.45) is 4.31. The average Bonchev–Trinajstić information content (AvgIpc) is 2.33. The third kappa shape index (κ3) is 0.764. The van der Waals surface area contributed by atoms with Crippen LogP contribution in [0.1, 0.15) is 17.7 Å². The Morgan fingerprint density at radius 2 is 2.30 bits per heavy atom. The Labute approximate surface area is 58.2 Å². The van der Waals surface area contributed by atoms with Crippen molar-refractivity contribution in [3.8, 4) is 0 Å². The van der Waals surface area contributed by atoms with E-state index in [9.17, 15) is 4.39 Å². The Morgan fingerprint density at radius 3 is 3.20 bits per heavy atom. The largest absolute Gasteiger partial charge is 0.469 e. The van der Waals surface area contributed by atoms with E-state index in [0.717, 1.165) is 11.3 Å². The minimum absolute atomic E-state index is 0.0473. The molecule has 10 heavy (non-hydrogen) atoms. The molecule has 0 aliphatic heterocycles. The Hall–Kier alpha value is -1.05. The van der Waals surface area contributed by atoms with Crippen molar-refractivity contribution in [3.63, 3.8) is 0 Å². The number of fused-ring (bicyclic) bond motifs is 1. The molecule has 1 aliphatic rings. The maximum absolute atomic E-state index is 12.6. The molecule has 0 fully saturated rings. The topological polar surface area (TPSA) is 13.1 Å². The molecule has 0 saturated heterocycles. The molecule has 0 saturated carbocycles. The molecule has 2 heteroatoms. The maximum Gasteiger partial charge on any atom is 0.111 e. The summed E-state index contributed by atoms with van der Waals surface area (Å²) in [4.78, 5) is 0. The first-order chi connectivity index (χ1) is 4.86. The van der Waals surface area contributed by atoms with E-state index in [1.165, 1.54) is 6.08 Å². The van der Waals surface area contributed by atoms with E-state index >= 15 is 0 Å². The first-order valence-corrected chi connectivity index (χ1v) is 3.29. The standard InChI is InChI=1S/C8H7FO/c9-7-1-2-8-6(5-7)3-4-10-8/h3-5H,1-2H2. The van der Waals surface area contributed by atoms with Gasteiger partial charge in [0.15, 0.2) is 0 Å². The van der Waals surface area contributed by atoms with Crippen LogP contribution in [0.25, 0.3) is 6.08 Å². The molecule has 1 aromatic heterocycles. The summed E-state index contributed by atoms with van der Waals surface area (Å²) < 4.78 is 17.7. The van der Waals surface area contributed by atoms with Gasteiger partial charge in [-0.25, -0.2) is 4.39 Å². The predicted molar refractivity (Wildman–Crippen MR) is 36.1 cm³/mol. The molecule has 52 valence electrons. The number of rotatable bonds is 0. The van der Waals surface area contributed by atoms with Gasteiger partial charge in [-0.1, -0.05) is 0 Å². The van der Waals surface area contributed by atoms with E-state index in [0.29, 0.717) is 12.8 Å². The molecule has 0 amide bonds. The molecule has 0 atom stereocenters. The van der Waals surface area contributed by atoms with Gasteiger partial charge in [-0.3, -0.25) is 0 Å². The van der Waals surface area contributed by atoms with Crippen molar-refractivity contribution in [3.05, 3.63) is 29.5 Å². The summed E-state index contributed by atoms with van der Waals surface area (Å²) in [5, 5.41) is 0. The van der Waals surface area contributed by atoms with Gasteiger partial charge in [0.1, 0.15) is 11.6 Å². The number of halogens is 1. The fourth-order valence-electron chi connectivity index (χ4n) is 1.16. The second-order valence-corrected chi connectivity index (χ2v) is 2.39. The van der Waals surface area contributed by atoms with E-state index < -0.39 is 0 Å². The highest BCUT2D eigenvalue weighted by Gasteiger charge is 2.11. The fraction of sp³-hybridized carbons (Fsp3) is 0.250. The molecule has 0 N–H and O–H groups in total. The van der Waals surface area contributed by atoms with Crippen LogP contribution in [-0.2, 0) is 6.42 Å². The van der Waals surface area contributed by atoms with Gasteiger partial charge in [0.2, 0.25) is 0 Å². The fourth-order valence-corrected chi connectivity index (χ4v) is 1.16. The van der Waals surface area contributed by atoms with Crippen molar-refractivity contribution in [2.24, 2.45) is 0 Å². The zero-order valence-corrected chi connectivity index (χ0v) is 5.43. The van der Waals surface area contributed by atoms with E-state index in [1.807, 2.05) is 0 Å². The smallest absolute Gasteiger partial charge is 0.111 e. The molecule has 1 heterocycles.